The molecule has 0 amide bonds. The van der Waals surface area contributed by atoms with E-state index in [1.54, 1.807) is 7.11 Å². The number of hydrogen-bond donors (Lipinski definition) is 2. The highest BCUT2D eigenvalue weighted by Gasteiger charge is 2.29. The van der Waals surface area contributed by atoms with Gasteiger partial charge in [-0.2, -0.15) is 8.42 Å². The zero-order valence-electron chi connectivity index (χ0n) is 14.8. The molecular formula is C16H23N5O4S. The number of hydrogen-bond acceptors (Lipinski definition) is 7. The molecule has 0 aliphatic carbocycles. The third kappa shape index (κ3) is 4.14. The van der Waals surface area contributed by atoms with Crippen LogP contribution in [-0.4, -0.2) is 51.7 Å². The van der Waals surface area contributed by atoms with Crippen LogP contribution in [0.3, 0.4) is 0 Å². The Labute approximate surface area is 152 Å². The molecule has 1 aromatic heterocycles. The van der Waals surface area contributed by atoms with Crippen LogP contribution in [0.1, 0.15) is 13.3 Å². The highest BCUT2D eigenvalue weighted by molar-refractivity contribution is 7.87. The Morgan fingerprint density at radius 3 is 2.73 bits per heavy atom. The monoisotopic (exact) mass is 381 g/mol. The van der Waals surface area contributed by atoms with E-state index < -0.39 is 10.2 Å². The molecule has 1 aliphatic heterocycles. The highest BCUT2D eigenvalue weighted by Crippen LogP contribution is 2.36. The maximum atomic E-state index is 10.9. The van der Waals surface area contributed by atoms with E-state index >= 15 is 0 Å². The molecule has 0 bridgehead atoms. The summed E-state index contributed by atoms with van der Waals surface area (Å²) in [4.78, 5) is 10.9. The van der Waals surface area contributed by atoms with Crippen LogP contribution in [0.25, 0.3) is 10.9 Å². The molecule has 1 aromatic carbocycles. The van der Waals surface area contributed by atoms with Crippen molar-refractivity contribution >= 4 is 26.9 Å². The number of fused-ring (bicyclic) bond motifs is 1. The van der Waals surface area contributed by atoms with E-state index in [0.717, 1.165) is 36.2 Å². The molecule has 0 saturated carbocycles. The van der Waals surface area contributed by atoms with Gasteiger partial charge in [-0.15, -0.1) is 0 Å². The van der Waals surface area contributed by atoms with E-state index in [9.17, 15) is 8.42 Å². The Kier molecular flexibility index (Phi) is 5.44. The molecule has 1 aliphatic rings. The third-order valence-electron chi connectivity index (χ3n) is 4.31. The summed E-state index contributed by atoms with van der Waals surface area (Å²) in [5.41, 5.74) is 0.787. The van der Waals surface area contributed by atoms with E-state index in [-0.39, 0.29) is 0 Å². The first kappa shape index (κ1) is 18.6. The molecule has 0 radical (unpaired) electrons. The number of nitrogens with two attached hydrogens (primary N) is 1. The van der Waals surface area contributed by atoms with Crippen molar-refractivity contribution in [3.63, 3.8) is 0 Å². The Morgan fingerprint density at radius 1 is 1.31 bits per heavy atom. The smallest absolute Gasteiger partial charge is 0.274 e. The lowest BCUT2D eigenvalue weighted by molar-refractivity contribution is 0.311. The van der Waals surface area contributed by atoms with Gasteiger partial charge >= 0.3 is 0 Å². The van der Waals surface area contributed by atoms with Crippen molar-refractivity contribution in [3.8, 4) is 11.5 Å². The van der Waals surface area contributed by atoms with Gasteiger partial charge in [0.15, 0.2) is 11.5 Å². The molecule has 0 atom stereocenters. The molecule has 0 spiro atoms. The summed E-state index contributed by atoms with van der Waals surface area (Å²) in [6.45, 7) is 4.39. The summed E-state index contributed by atoms with van der Waals surface area (Å²) >= 11 is 0. The van der Waals surface area contributed by atoms with E-state index in [4.69, 9.17) is 14.6 Å². The fourth-order valence-corrected chi connectivity index (χ4v) is 3.46. The second-order valence-electron chi connectivity index (χ2n) is 6.15. The zero-order valence-corrected chi connectivity index (χ0v) is 15.6. The SMILES string of the molecule is CCOc1cc2c(N3CC(CCNS(N)(=O)=O)C3)ncnc2cc1OC. The standard InChI is InChI=1S/C16H23N5O4S/c1-3-25-15-6-12-13(7-14(15)24-2)18-10-19-16(12)21-8-11(9-21)4-5-20-26(17,22)23/h6-7,10-11,20H,3-5,8-9H2,1-2H3,(H2,17,22,23). The average molecular weight is 381 g/mol. The molecule has 0 unspecified atom stereocenters. The van der Waals surface area contributed by atoms with Gasteiger partial charge in [-0.3, -0.25) is 0 Å². The van der Waals surface area contributed by atoms with E-state index in [2.05, 4.69) is 19.6 Å². The first-order chi connectivity index (χ1) is 12.4. The van der Waals surface area contributed by atoms with Crippen LogP contribution in [-0.2, 0) is 10.2 Å². The van der Waals surface area contributed by atoms with Crippen LogP contribution in [0.4, 0.5) is 5.82 Å². The number of benzene rings is 1. The van der Waals surface area contributed by atoms with Gasteiger partial charge in [0.05, 0.1) is 19.2 Å². The van der Waals surface area contributed by atoms with Crippen LogP contribution in [0, 0.1) is 5.92 Å². The summed E-state index contributed by atoms with van der Waals surface area (Å²) in [5.74, 6) is 2.53. The Balaban J connectivity index is 1.74. The molecule has 3 rings (SSSR count). The molecule has 9 nitrogen and oxygen atoms in total. The Bertz CT molecular complexity index is 884. The molecule has 142 valence electrons. The van der Waals surface area contributed by atoms with Crippen molar-refractivity contribution in [2.75, 3.05) is 38.3 Å². The normalized spacial score (nSPS) is 15.1. The van der Waals surface area contributed by atoms with Crippen molar-refractivity contribution in [2.24, 2.45) is 11.1 Å². The van der Waals surface area contributed by atoms with Crippen molar-refractivity contribution < 1.29 is 17.9 Å². The van der Waals surface area contributed by atoms with Crippen molar-refractivity contribution in [3.05, 3.63) is 18.5 Å². The van der Waals surface area contributed by atoms with E-state index in [1.807, 2.05) is 19.1 Å². The van der Waals surface area contributed by atoms with Crippen molar-refractivity contribution in [1.82, 2.24) is 14.7 Å². The minimum Gasteiger partial charge on any atom is -0.493 e. The van der Waals surface area contributed by atoms with Gasteiger partial charge in [0.25, 0.3) is 10.2 Å². The van der Waals surface area contributed by atoms with Crippen LogP contribution in [0.2, 0.25) is 0 Å². The highest BCUT2D eigenvalue weighted by atomic mass is 32.2. The van der Waals surface area contributed by atoms with Crippen molar-refractivity contribution in [1.29, 1.82) is 0 Å². The van der Waals surface area contributed by atoms with Gasteiger partial charge in [-0.25, -0.2) is 19.8 Å². The second-order valence-corrected chi connectivity index (χ2v) is 7.53. The predicted molar refractivity (Wildman–Crippen MR) is 98.7 cm³/mol. The maximum Gasteiger partial charge on any atom is 0.274 e. The number of nitrogens with one attached hydrogen (secondary N) is 1. The van der Waals surface area contributed by atoms with Crippen molar-refractivity contribution in [2.45, 2.75) is 13.3 Å². The summed E-state index contributed by atoms with van der Waals surface area (Å²) in [6.07, 6.45) is 2.27. The number of ether oxygens (including phenoxy) is 2. The van der Waals surface area contributed by atoms with Crippen LogP contribution >= 0.6 is 0 Å². The van der Waals surface area contributed by atoms with E-state index in [1.165, 1.54) is 6.33 Å². The van der Waals surface area contributed by atoms with Crippen LogP contribution < -0.4 is 24.2 Å². The minimum absolute atomic E-state index is 0.341. The first-order valence-electron chi connectivity index (χ1n) is 8.39. The van der Waals surface area contributed by atoms with Gasteiger partial charge in [0.1, 0.15) is 12.1 Å². The summed E-state index contributed by atoms with van der Waals surface area (Å²) < 4.78 is 35.1. The average Bonchev–Trinajstić information content (AvgIpc) is 2.55. The predicted octanol–water partition coefficient (Wildman–Crippen LogP) is 0.657. The summed E-state index contributed by atoms with van der Waals surface area (Å²) in [6, 6.07) is 3.75. The molecule has 2 heterocycles. The molecule has 3 N–H and O–H groups in total. The Morgan fingerprint density at radius 2 is 2.08 bits per heavy atom. The van der Waals surface area contributed by atoms with Crippen LogP contribution in [0.5, 0.6) is 11.5 Å². The number of aromatic nitrogens is 2. The lowest BCUT2D eigenvalue weighted by Gasteiger charge is -2.40. The van der Waals surface area contributed by atoms with Gasteiger partial charge in [-0.05, 0) is 25.3 Å². The summed E-state index contributed by atoms with van der Waals surface area (Å²) in [7, 11) is -2.03. The molecular weight excluding hydrogens is 358 g/mol. The number of anilines is 1. The van der Waals surface area contributed by atoms with Gasteiger partial charge in [0, 0.05) is 31.1 Å². The zero-order chi connectivity index (χ0) is 18.7. The molecule has 10 heteroatoms. The topological polar surface area (TPSA) is 120 Å². The molecule has 26 heavy (non-hydrogen) atoms. The number of nitrogens with zero attached hydrogens (tertiary/aromatic N) is 3. The van der Waals surface area contributed by atoms with Gasteiger partial charge < -0.3 is 14.4 Å². The lowest BCUT2D eigenvalue weighted by Crippen LogP contribution is -2.48. The van der Waals surface area contributed by atoms with Gasteiger partial charge in [0.2, 0.25) is 0 Å². The number of methoxy groups -OCH3 is 1. The third-order valence-corrected chi connectivity index (χ3v) is 4.92. The largest absolute Gasteiger partial charge is 0.493 e. The molecule has 1 saturated heterocycles. The molecule has 1 fully saturated rings. The Hall–Kier alpha value is -2.17. The van der Waals surface area contributed by atoms with Crippen LogP contribution in [0.15, 0.2) is 18.5 Å². The lowest BCUT2D eigenvalue weighted by atomic mass is 9.96. The van der Waals surface area contributed by atoms with E-state index in [0.29, 0.717) is 30.6 Å². The maximum absolute atomic E-state index is 10.9. The second kappa shape index (κ2) is 7.60. The molecule has 2 aromatic rings. The van der Waals surface area contributed by atoms with Gasteiger partial charge in [-0.1, -0.05) is 0 Å². The summed E-state index contributed by atoms with van der Waals surface area (Å²) in [5, 5.41) is 5.84. The fourth-order valence-electron chi connectivity index (χ4n) is 3.06. The minimum atomic E-state index is -3.63. The first-order valence-corrected chi connectivity index (χ1v) is 9.93. The number of rotatable bonds is 8. The quantitative estimate of drug-likeness (QED) is 0.689. The fraction of sp³-hybridized carbons (Fsp3) is 0.500.